The molecule has 0 fully saturated rings. The third-order valence-electron chi connectivity index (χ3n) is 3.14. The molecule has 124 valence electrons. The molecule has 0 bridgehead atoms. The second-order valence-corrected chi connectivity index (χ2v) is 5.85. The molecule has 0 radical (unpaired) electrons. The lowest BCUT2D eigenvalue weighted by molar-refractivity contribution is -0.0946. The first-order valence-corrected chi connectivity index (χ1v) is 8.24. The molecule has 0 spiro atoms. The van der Waals surface area contributed by atoms with E-state index in [1.54, 1.807) is 24.3 Å². The number of nitriles is 1. The monoisotopic (exact) mass is 388 g/mol. The molecule has 0 saturated carbocycles. The summed E-state index contributed by atoms with van der Waals surface area (Å²) in [5.74, 6) is 0. The molecule has 24 heavy (non-hydrogen) atoms. The van der Waals surface area contributed by atoms with Gasteiger partial charge in [0.05, 0.1) is 11.6 Å². The Hall–Kier alpha value is -2.36. The van der Waals surface area contributed by atoms with Gasteiger partial charge < -0.3 is 9.47 Å². The number of anilines is 1. The molecule has 0 aromatic heterocycles. The first-order chi connectivity index (χ1) is 11.6. The molecule has 0 aliphatic rings. The van der Waals surface area contributed by atoms with Crippen molar-refractivity contribution in [3.8, 4) is 6.07 Å². The molecule has 0 saturated heterocycles. The minimum Gasteiger partial charge on any atom is -0.419 e. The molecule has 0 aliphatic heterocycles. The minimum absolute atomic E-state index is 0.429. The Morgan fingerprint density at radius 3 is 2.71 bits per heavy atom. The van der Waals surface area contributed by atoms with E-state index in [-0.39, 0.29) is 0 Å². The lowest BCUT2D eigenvalue weighted by atomic mass is 10.1. The number of carbonyl (C=O) groups excluding carboxylic acids is 1. The van der Waals surface area contributed by atoms with Crippen molar-refractivity contribution in [2.24, 2.45) is 0 Å². The number of nitrogens with zero attached hydrogens (tertiary/aromatic N) is 1. The van der Waals surface area contributed by atoms with E-state index in [9.17, 15) is 4.79 Å². The van der Waals surface area contributed by atoms with E-state index in [0.717, 1.165) is 10.0 Å². The Morgan fingerprint density at radius 2 is 2.04 bits per heavy atom. The maximum Gasteiger partial charge on any atom is 0.413 e. The highest BCUT2D eigenvalue weighted by molar-refractivity contribution is 9.10. The highest BCUT2D eigenvalue weighted by atomic mass is 79.9. The molecule has 1 N–H and O–H groups in total. The van der Waals surface area contributed by atoms with Crippen LogP contribution in [-0.2, 0) is 15.9 Å². The van der Waals surface area contributed by atoms with E-state index in [0.29, 0.717) is 24.3 Å². The topological polar surface area (TPSA) is 71.3 Å². The lowest BCUT2D eigenvalue weighted by Gasteiger charge is -2.18. The van der Waals surface area contributed by atoms with Gasteiger partial charge in [-0.1, -0.05) is 34.1 Å². The Morgan fingerprint density at radius 1 is 1.29 bits per heavy atom. The smallest absolute Gasteiger partial charge is 0.413 e. The van der Waals surface area contributed by atoms with Crippen LogP contribution in [0.25, 0.3) is 0 Å². The van der Waals surface area contributed by atoms with Crippen LogP contribution in [0.5, 0.6) is 0 Å². The Kier molecular flexibility index (Phi) is 6.79. The van der Waals surface area contributed by atoms with Crippen molar-refractivity contribution in [2.75, 3.05) is 11.9 Å². The number of hydrogen-bond donors (Lipinski definition) is 1. The molecule has 2 rings (SSSR count). The highest BCUT2D eigenvalue weighted by Gasteiger charge is 2.15. The van der Waals surface area contributed by atoms with E-state index in [1.165, 1.54) is 0 Å². The van der Waals surface area contributed by atoms with Gasteiger partial charge in [-0.05, 0) is 42.8 Å². The SMILES string of the molecule is CCOC(Cc1ccc(Br)cc1)OC(=O)Nc1cccc(C#N)c1. The summed E-state index contributed by atoms with van der Waals surface area (Å²) in [6, 6.07) is 16.4. The molecule has 1 unspecified atom stereocenters. The number of amides is 1. The van der Waals surface area contributed by atoms with Gasteiger partial charge in [0.2, 0.25) is 6.29 Å². The largest absolute Gasteiger partial charge is 0.419 e. The van der Waals surface area contributed by atoms with Gasteiger partial charge in [0.15, 0.2) is 0 Å². The molecule has 0 aliphatic carbocycles. The van der Waals surface area contributed by atoms with Crippen LogP contribution in [-0.4, -0.2) is 19.0 Å². The van der Waals surface area contributed by atoms with Crippen LogP contribution in [0, 0.1) is 11.3 Å². The quantitative estimate of drug-likeness (QED) is 0.740. The average molecular weight is 389 g/mol. The predicted molar refractivity (Wildman–Crippen MR) is 94.5 cm³/mol. The number of carbonyl (C=O) groups is 1. The van der Waals surface area contributed by atoms with Crippen LogP contribution in [0.3, 0.4) is 0 Å². The zero-order valence-corrected chi connectivity index (χ0v) is 14.7. The van der Waals surface area contributed by atoms with Gasteiger partial charge in [0, 0.05) is 23.2 Å². The first-order valence-electron chi connectivity index (χ1n) is 7.44. The number of rotatable bonds is 6. The van der Waals surface area contributed by atoms with Crippen molar-refractivity contribution in [3.05, 3.63) is 64.1 Å². The summed E-state index contributed by atoms with van der Waals surface area (Å²) < 4.78 is 11.8. The molecule has 2 aromatic carbocycles. The van der Waals surface area contributed by atoms with Gasteiger partial charge in [0.25, 0.3) is 0 Å². The number of halogens is 1. The van der Waals surface area contributed by atoms with Gasteiger partial charge in [-0.3, -0.25) is 5.32 Å². The van der Waals surface area contributed by atoms with Crippen molar-refractivity contribution >= 4 is 27.7 Å². The molecular weight excluding hydrogens is 372 g/mol. The molecule has 5 nitrogen and oxygen atoms in total. The Bertz CT molecular complexity index is 726. The molecule has 2 aromatic rings. The van der Waals surface area contributed by atoms with Crippen molar-refractivity contribution in [2.45, 2.75) is 19.6 Å². The van der Waals surface area contributed by atoms with E-state index >= 15 is 0 Å². The number of nitrogens with one attached hydrogen (secondary N) is 1. The molecule has 0 heterocycles. The van der Waals surface area contributed by atoms with Gasteiger partial charge in [0.1, 0.15) is 0 Å². The summed E-state index contributed by atoms with van der Waals surface area (Å²) in [5.41, 5.74) is 1.96. The fourth-order valence-corrected chi connectivity index (χ4v) is 2.33. The zero-order valence-electron chi connectivity index (χ0n) is 13.2. The lowest BCUT2D eigenvalue weighted by Crippen LogP contribution is -2.27. The third-order valence-corrected chi connectivity index (χ3v) is 3.67. The van der Waals surface area contributed by atoms with Gasteiger partial charge in [-0.2, -0.15) is 5.26 Å². The summed E-state index contributed by atoms with van der Waals surface area (Å²) in [6.07, 6.45) is -0.858. The summed E-state index contributed by atoms with van der Waals surface area (Å²) >= 11 is 3.38. The Labute approximate surface area is 149 Å². The normalized spacial score (nSPS) is 11.4. The predicted octanol–water partition coefficient (Wildman–Crippen LogP) is 4.47. The van der Waals surface area contributed by atoms with Gasteiger partial charge in [-0.25, -0.2) is 4.79 Å². The van der Waals surface area contributed by atoms with E-state index in [4.69, 9.17) is 14.7 Å². The highest BCUT2D eigenvalue weighted by Crippen LogP contribution is 2.15. The summed E-state index contributed by atoms with van der Waals surface area (Å²) in [4.78, 5) is 12.0. The van der Waals surface area contributed by atoms with E-state index in [1.807, 2.05) is 37.3 Å². The van der Waals surface area contributed by atoms with Crippen molar-refractivity contribution in [1.29, 1.82) is 5.26 Å². The summed E-state index contributed by atoms with van der Waals surface area (Å²) in [6.45, 7) is 2.27. The van der Waals surface area contributed by atoms with Crippen LogP contribution in [0.2, 0.25) is 0 Å². The maximum atomic E-state index is 12.0. The molecule has 6 heteroatoms. The standard InChI is InChI=1S/C18H17BrN2O3/c1-2-23-17(11-13-6-8-15(19)9-7-13)24-18(22)21-16-5-3-4-14(10-16)12-20/h3-10,17H,2,11H2,1H3,(H,21,22). The average Bonchev–Trinajstić information content (AvgIpc) is 2.57. The van der Waals surface area contributed by atoms with Crippen LogP contribution in [0.1, 0.15) is 18.1 Å². The summed E-state index contributed by atoms with van der Waals surface area (Å²) in [7, 11) is 0. The Balaban J connectivity index is 1.97. The number of hydrogen-bond acceptors (Lipinski definition) is 4. The third kappa shape index (κ3) is 5.69. The molecule has 1 amide bonds. The van der Waals surface area contributed by atoms with Crippen molar-refractivity contribution < 1.29 is 14.3 Å². The second-order valence-electron chi connectivity index (χ2n) is 4.94. The van der Waals surface area contributed by atoms with Gasteiger partial charge >= 0.3 is 6.09 Å². The van der Waals surface area contributed by atoms with Crippen LogP contribution in [0.4, 0.5) is 10.5 Å². The number of benzene rings is 2. The fourth-order valence-electron chi connectivity index (χ4n) is 2.07. The molecular formula is C18H17BrN2O3. The van der Waals surface area contributed by atoms with E-state index in [2.05, 4.69) is 21.2 Å². The second kappa shape index (κ2) is 9.06. The molecule has 1 atom stereocenters. The minimum atomic E-state index is -0.685. The van der Waals surface area contributed by atoms with Crippen molar-refractivity contribution in [3.63, 3.8) is 0 Å². The van der Waals surface area contributed by atoms with Crippen LogP contribution in [0.15, 0.2) is 53.0 Å². The van der Waals surface area contributed by atoms with Crippen LogP contribution >= 0.6 is 15.9 Å². The van der Waals surface area contributed by atoms with Crippen LogP contribution < -0.4 is 5.32 Å². The maximum absolute atomic E-state index is 12.0. The van der Waals surface area contributed by atoms with Gasteiger partial charge in [-0.15, -0.1) is 0 Å². The van der Waals surface area contributed by atoms with E-state index < -0.39 is 12.4 Å². The number of ether oxygens (including phenoxy) is 2. The first kappa shape index (κ1) is 18.0. The summed E-state index contributed by atoms with van der Waals surface area (Å²) in [5, 5.41) is 11.5. The zero-order chi connectivity index (χ0) is 17.4. The fraction of sp³-hybridized carbons (Fsp3) is 0.222. The van der Waals surface area contributed by atoms with Crippen molar-refractivity contribution in [1.82, 2.24) is 0 Å².